The molecular weight excluding hydrogens is 326 g/mol. The van der Waals surface area contributed by atoms with Gasteiger partial charge in [0, 0.05) is 13.0 Å². The minimum Gasteiger partial charge on any atom is -0.456 e. The SMILES string of the molecule is CC(C)(C)OC(=O)N1CC[C@@H](OC(=O)c2nc(C=O)[nH]c2Cl)C1. The normalized spacial score (nSPS) is 17.9. The Morgan fingerprint density at radius 3 is 2.70 bits per heavy atom. The molecule has 0 bridgehead atoms. The van der Waals surface area contributed by atoms with Gasteiger partial charge in [0.05, 0.1) is 6.54 Å². The van der Waals surface area contributed by atoms with Gasteiger partial charge < -0.3 is 19.4 Å². The van der Waals surface area contributed by atoms with Crippen LogP contribution in [-0.2, 0) is 9.47 Å². The lowest BCUT2D eigenvalue weighted by Gasteiger charge is -2.24. The van der Waals surface area contributed by atoms with Crippen molar-refractivity contribution in [3.05, 3.63) is 16.7 Å². The first kappa shape index (κ1) is 17.3. The highest BCUT2D eigenvalue weighted by atomic mass is 35.5. The molecule has 0 radical (unpaired) electrons. The van der Waals surface area contributed by atoms with Crippen molar-refractivity contribution in [2.24, 2.45) is 0 Å². The number of likely N-dealkylation sites (tertiary alicyclic amines) is 1. The van der Waals surface area contributed by atoms with E-state index in [1.165, 1.54) is 4.90 Å². The molecule has 1 atom stereocenters. The lowest BCUT2D eigenvalue weighted by molar-refractivity contribution is 0.0189. The van der Waals surface area contributed by atoms with Crippen molar-refractivity contribution >= 4 is 29.9 Å². The van der Waals surface area contributed by atoms with Crippen LogP contribution in [0.1, 0.15) is 48.3 Å². The molecule has 1 aromatic heterocycles. The van der Waals surface area contributed by atoms with E-state index in [-0.39, 0.29) is 23.2 Å². The Kier molecular flexibility index (Phi) is 4.93. The van der Waals surface area contributed by atoms with Crippen LogP contribution >= 0.6 is 11.6 Å². The van der Waals surface area contributed by atoms with E-state index in [1.54, 1.807) is 20.8 Å². The molecule has 1 aromatic rings. The Hall–Kier alpha value is -2.09. The van der Waals surface area contributed by atoms with Gasteiger partial charge in [-0.25, -0.2) is 14.6 Å². The van der Waals surface area contributed by atoms with Crippen LogP contribution < -0.4 is 0 Å². The molecule has 1 fully saturated rings. The summed E-state index contributed by atoms with van der Waals surface area (Å²) < 4.78 is 10.5. The lowest BCUT2D eigenvalue weighted by atomic mass is 10.2. The Bertz CT molecular complexity index is 622. The van der Waals surface area contributed by atoms with E-state index in [2.05, 4.69) is 9.97 Å². The number of amides is 1. The number of rotatable bonds is 3. The number of ether oxygens (including phenoxy) is 2. The van der Waals surface area contributed by atoms with Gasteiger partial charge in [-0.05, 0) is 20.8 Å². The van der Waals surface area contributed by atoms with Crippen molar-refractivity contribution in [3.63, 3.8) is 0 Å². The van der Waals surface area contributed by atoms with Gasteiger partial charge in [0.2, 0.25) is 0 Å². The molecule has 1 aliphatic rings. The third kappa shape index (κ3) is 4.44. The number of hydrogen-bond donors (Lipinski definition) is 1. The number of carbonyl (C=O) groups is 3. The minimum absolute atomic E-state index is 0.0521. The summed E-state index contributed by atoms with van der Waals surface area (Å²) in [5.41, 5.74) is -0.732. The Balaban J connectivity index is 1.92. The second kappa shape index (κ2) is 6.57. The first-order valence-corrected chi connectivity index (χ1v) is 7.47. The van der Waals surface area contributed by atoms with Crippen molar-refractivity contribution in [1.29, 1.82) is 0 Å². The van der Waals surface area contributed by atoms with Crippen molar-refractivity contribution in [2.75, 3.05) is 13.1 Å². The maximum atomic E-state index is 12.0. The third-order valence-electron chi connectivity index (χ3n) is 3.05. The first-order chi connectivity index (χ1) is 10.7. The molecule has 126 valence electrons. The van der Waals surface area contributed by atoms with Crippen LogP contribution in [0.4, 0.5) is 4.79 Å². The molecule has 2 heterocycles. The average Bonchev–Trinajstić information content (AvgIpc) is 3.03. The van der Waals surface area contributed by atoms with E-state index in [4.69, 9.17) is 21.1 Å². The van der Waals surface area contributed by atoms with Gasteiger partial charge in [0.15, 0.2) is 17.8 Å². The number of halogens is 1. The van der Waals surface area contributed by atoms with Crippen LogP contribution in [0.25, 0.3) is 0 Å². The fraction of sp³-hybridized carbons (Fsp3) is 0.571. The van der Waals surface area contributed by atoms with Gasteiger partial charge in [-0.3, -0.25) is 4.79 Å². The average molecular weight is 344 g/mol. The molecule has 2 rings (SSSR count). The van der Waals surface area contributed by atoms with Gasteiger partial charge in [-0.1, -0.05) is 11.6 Å². The standard InChI is InChI=1S/C14H18ClN3O5/c1-14(2,3)23-13(21)18-5-4-8(6-18)22-12(20)10-11(15)17-9(7-19)16-10/h7-8H,4-6H2,1-3H3,(H,16,17)/t8-/m1/s1. The molecule has 9 heteroatoms. The topological polar surface area (TPSA) is 102 Å². The summed E-state index contributed by atoms with van der Waals surface area (Å²) in [6, 6.07) is 0. The highest BCUT2D eigenvalue weighted by Crippen LogP contribution is 2.20. The van der Waals surface area contributed by atoms with Crippen molar-refractivity contribution in [1.82, 2.24) is 14.9 Å². The number of nitrogens with zero attached hydrogens (tertiary/aromatic N) is 2. The number of H-pyrrole nitrogens is 1. The molecule has 0 saturated carbocycles. The summed E-state index contributed by atoms with van der Waals surface area (Å²) >= 11 is 5.79. The zero-order chi connectivity index (χ0) is 17.2. The van der Waals surface area contributed by atoms with Gasteiger partial charge in [0.25, 0.3) is 0 Å². The Labute approximate surface area is 138 Å². The van der Waals surface area contributed by atoms with Crippen LogP contribution in [0, 0.1) is 0 Å². The molecule has 1 N–H and O–H groups in total. The molecular formula is C14H18ClN3O5. The lowest BCUT2D eigenvalue weighted by Crippen LogP contribution is -2.36. The van der Waals surface area contributed by atoms with Crippen molar-refractivity contribution in [3.8, 4) is 0 Å². The Morgan fingerprint density at radius 1 is 1.43 bits per heavy atom. The number of esters is 1. The molecule has 0 aliphatic carbocycles. The van der Waals surface area contributed by atoms with E-state index in [9.17, 15) is 14.4 Å². The number of carbonyl (C=O) groups excluding carboxylic acids is 3. The van der Waals surface area contributed by atoms with E-state index in [1.807, 2.05) is 0 Å². The quantitative estimate of drug-likeness (QED) is 0.665. The van der Waals surface area contributed by atoms with E-state index >= 15 is 0 Å². The monoisotopic (exact) mass is 343 g/mol. The molecule has 8 nitrogen and oxygen atoms in total. The van der Waals surface area contributed by atoms with Crippen LogP contribution in [0.5, 0.6) is 0 Å². The summed E-state index contributed by atoms with van der Waals surface area (Å²) in [6.45, 7) is 6.01. The minimum atomic E-state index is -0.740. The number of aldehydes is 1. The van der Waals surface area contributed by atoms with Gasteiger partial charge in [-0.2, -0.15) is 0 Å². The molecule has 0 unspecified atom stereocenters. The van der Waals surface area contributed by atoms with E-state index in [0.717, 1.165) is 0 Å². The van der Waals surface area contributed by atoms with Crippen molar-refractivity contribution < 1.29 is 23.9 Å². The maximum Gasteiger partial charge on any atom is 0.410 e. The molecule has 1 amide bonds. The number of hydrogen-bond acceptors (Lipinski definition) is 6. The van der Waals surface area contributed by atoms with E-state index in [0.29, 0.717) is 19.3 Å². The van der Waals surface area contributed by atoms with Crippen LogP contribution in [0.3, 0.4) is 0 Å². The van der Waals surface area contributed by atoms with Crippen LogP contribution in [-0.4, -0.2) is 58.0 Å². The smallest absolute Gasteiger partial charge is 0.410 e. The highest BCUT2D eigenvalue weighted by molar-refractivity contribution is 6.32. The molecule has 1 saturated heterocycles. The number of nitrogens with one attached hydrogen (secondary N) is 1. The highest BCUT2D eigenvalue weighted by Gasteiger charge is 2.32. The largest absolute Gasteiger partial charge is 0.456 e. The molecule has 0 aromatic carbocycles. The Morgan fingerprint density at radius 2 is 2.13 bits per heavy atom. The zero-order valence-electron chi connectivity index (χ0n) is 13.1. The van der Waals surface area contributed by atoms with Crippen LogP contribution in [0.2, 0.25) is 5.15 Å². The summed E-state index contributed by atoms with van der Waals surface area (Å²) in [5.74, 6) is -0.792. The summed E-state index contributed by atoms with van der Waals surface area (Å²) in [7, 11) is 0. The maximum absolute atomic E-state index is 12.0. The van der Waals surface area contributed by atoms with Crippen molar-refractivity contribution in [2.45, 2.75) is 38.9 Å². The molecule has 0 spiro atoms. The molecule has 23 heavy (non-hydrogen) atoms. The second-order valence-corrected chi connectivity index (χ2v) is 6.52. The van der Waals surface area contributed by atoms with E-state index < -0.39 is 23.8 Å². The first-order valence-electron chi connectivity index (χ1n) is 7.09. The van der Waals surface area contributed by atoms with Gasteiger partial charge in [0.1, 0.15) is 16.9 Å². The predicted octanol–water partition coefficient (Wildman–Crippen LogP) is 2.04. The summed E-state index contributed by atoms with van der Waals surface area (Å²) in [4.78, 5) is 42.2. The van der Waals surface area contributed by atoms with Gasteiger partial charge >= 0.3 is 12.1 Å². The summed E-state index contributed by atoms with van der Waals surface area (Å²) in [6.07, 6.45) is 0.0234. The zero-order valence-corrected chi connectivity index (χ0v) is 13.8. The fourth-order valence-electron chi connectivity index (χ4n) is 2.08. The van der Waals surface area contributed by atoms with Gasteiger partial charge in [-0.15, -0.1) is 0 Å². The number of aromatic nitrogens is 2. The third-order valence-corrected chi connectivity index (χ3v) is 3.33. The molecule has 1 aliphatic heterocycles. The summed E-state index contributed by atoms with van der Waals surface area (Å²) in [5, 5.41) is -0.0564. The fourth-order valence-corrected chi connectivity index (χ4v) is 2.30. The number of imidazole rings is 1. The van der Waals surface area contributed by atoms with Crippen LogP contribution in [0.15, 0.2) is 0 Å². The second-order valence-electron chi connectivity index (χ2n) is 6.14. The number of aromatic amines is 1. The predicted molar refractivity (Wildman–Crippen MR) is 80.6 cm³/mol.